The molecule has 0 aliphatic carbocycles. The number of carbonyl (C=O) groups excluding carboxylic acids is 1. The lowest BCUT2D eigenvalue weighted by atomic mass is 9.99. The molecule has 1 unspecified atom stereocenters. The summed E-state index contributed by atoms with van der Waals surface area (Å²) in [6.07, 6.45) is 1.34. The summed E-state index contributed by atoms with van der Waals surface area (Å²) < 4.78 is 5.52. The van der Waals surface area contributed by atoms with Crippen molar-refractivity contribution >= 4 is 16.7 Å². The van der Waals surface area contributed by atoms with Crippen molar-refractivity contribution in [2.45, 2.75) is 6.10 Å². The van der Waals surface area contributed by atoms with E-state index in [9.17, 15) is 4.79 Å². The first-order valence-corrected chi connectivity index (χ1v) is 6.48. The van der Waals surface area contributed by atoms with Gasteiger partial charge in [-0.2, -0.15) is 0 Å². The van der Waals surface area contributed by atoms with Gasteiger partial charge in [-0.05, 0) is 17.5 Å². The summed E-state index contributed by atoms with van der Waals surface area (Å²) in [5, 5.41) is 2.11. The molecule has 3 nitrogen and oxygen atoms in total. The van der Waals surface area contributed by atoms with Crippen molar-refractivity contribution < 1.29 is 9.53 Å². The zero-order valence-electron chi connectivity index (χ0n) is 10.6. The SMILES string of the molecule is O=C1OC(c2nccc3ccccc23)c2ccccc21. The molecule has 0 fully saturated rings. The lowest BCUT2D eigenvalue weighted by molar-refractivity contribution is 0.0452. The van der Waals surface area contributed by atoms with Gasteiger partial charge in [0.15, 0.2) is 6.10 Å². The molecule has 1 aromatic heterocycles. The first-order valence-electron chi connectivity index (χ1n) is 6.48. The van der Waals surface area contributed by atoms with Gasteiger partial charge in [0.2, 0.25) is 0 Å². The number of pyridine rings is 1. The molecule has 0 bridgehead atoms. The summed E-state index contributed by atoms with van der Waals surface area (Å²) >= 11 is 0. The fourth-order valence-corrected chi connectivity index (χ4v) is 2.70. The molecule has 20 heavy (non-hydrogen) atoms. The number of ether oxygens (including phenoxy) is 1. The van der Waals surface area contributed by atoms with Crippen LogP contribution in [0.3, 0.4) is 0 Å². The Balaban J connectivity index is 1.96. The Morgan fingerprint density at radius 3 is 2.70 bits per heavy atom. The van der Waals surface area contributed by atoms with Crippen molar-refractivity contribution in [1.29, 1.82) is 0 Å². The molecule has 0 amide bonds. The van der Waals surface area contributed by atoms with E-state index >= 15 is 0 Å². The first-order chi connectivity index (χ1) is 9.84. The number of hydrogen-bond acceptors (Lipinski definition) is 3. The number of cyclic esters (lactones) is 1. The predicted octanol–water partition coefficient (Wildman–Crippen LogP) is 3.49. The van der Waals surface area contributed by atoms with Crippen LogP contribution >= 0.6 is 0 Å². The largest absolute Gasteiger partial charge is 0.447 e. The second-order valence-electron chi connectivity index (χ2n) is 4.79. The molecule has 0 radical (unpaired) electrons. The van der Waals surface area contributed by atoms with Gasteiger partial charge in [0, 0.05) is 17.1 Å². The summed E-state index contributed by atoms with van der Waals surface area (Å²) in [6, 6.07) is 17.4. The molecule has 0 saturated heterocycles. The fraction of sp³-hybridized carbons (Fsp3) is 0.0588. The van der Waals surface area contributed by atoms with E-state index in [1.807, 2.05) is 48.5 Å². The molecular weight excluding hydrogens is 250 g/mol. The lowest BCUT2D eigenvalue weighted by Crippen LogP contribution is -2.03. The van der Waals surface area contributed by atoms with Crippen LogP contribution < -0.4 is 0 Å². The number of fused-ring (bicyclic) bond motifs is 2. The van der Waals surface area contributed by atoms with Crippen LogP contribution in [0.15, 0.2) is 60.8 Å². The maximum Gasteiger partial charge on any atom is 0.339 e. The number of aromatic nitrogens is 1. The third-order valence-electron chi connectivity index (χ3n) is 3.64. The Morgan fingerprint density at radius 2 is 1.75 bits per heavy atom. The van der Waals surface area contributed by atoms with Crippen LogP contribution in [0.2, 0.25) is 0 Å². The summed E-state index contributed by atoms with van der Waals surface area (Å²) in [7, 11) is 0. The Bertz CT molecular complexity index is 821. The molecule has 1 aliphatic heterocycles. The topological polar surface area (TPSA) is 39.2 Å². The van der Waals surface area contributed by atoms with Gasteiger partial charge in [-0.3, -0.25) is 4.98 Å². The summed E-state index contributed by atoms with van der Waals surface area (Å²) in [4.78, 5) is 16.4. The number of benzene rings is 2. The normalized spacial score (nSPS) is 17.0. The fourth-order valence-electron chi connectivity index (χ4n) is 2.70. The highest BCUT2D eigenvalue weighted by Gasteiger charge is 2.33. The minimum Gasteiger partial charge on any atom is -0.447 e. The van der Waals surface area contributed by atoms with Gasteiger partial charge in [0.25, 0.3) is 0 Å². The van der Waals surface area contributed by atoms with Crippen LogP contribution in [0.1, 0.15) is 27.7 Å². The van der Waals surface area contributed by atoms with Crippen LogP contribution in [-0.2, 0) is 4.74 Å². The average Bonchev–Trinajstić information content (AvgIpc) is 2.84. The van der Waals surface area contributed by atoms with Gasteiger partial charge in [0.05, 0.1) is 11.3 Å². The molecule has 0 saturated carbocycles. The molecule has 0 spiro atoms. The van der Waals surface area contributed by atoms with E-state index in [1.54, 1.807) is 12.3 Å². The molecule has 3 aromatic rings. The molecule has 1 aliphatic rings. The molecular formula is C17H11NO2. The van der Waals surface area contributed by atoms with E-state index < -0.39 is 6.10 Å². The summed E-state index contributed by atoms with van der Waals surface area (Å²) in [5.74, 6) is -0.277. The lowest BCUT2D eigenvalue weighted by Gasteiger charge is -2.12. The third-order valence-corrected chi connectivity index (χ3v) is 3.64. The van der Waals surface area contributed by atoms with Gasteiger partial charge in [0.1, 0.15) is 0 Å². The number of nitrogens with zero attached hydrogens (tertiary/aromatic N) is 1. The van der Waals surface area contributed by atoms with Crippen LogP contribution in [-0.4, -0.2) is 11.0 Å². The van der Waals surface area contributed by atoms with Gasteiger partial charge >= 0.3 is 5.97 Å². The minimum atomic E-state index is -0.412. The van der Waals surface area contributed by atoms with Crippen molar-refractivity contribution in [2.75, 3.05) is 0 Å². The zero-order valence-corrected chi connectivity index (χ0v) is 10.6. The molecule has 1 atom stereocenters. The van der Waals surface area contributed by atoms with E-state index in [0.29, 0.717) is 5.56 Å². The highest BCUT2D eigenvalue weighted by molar-refractivity contribution is 5.95. The number of carbonyl (C=O) groups is 1. The van der Waals surface area contributed by atoms with Gasteiger partial charge in [-0.1, -0.05) is 42.5 Å². The number of esters is 1. The van der Waals surface area contributed by atoms with E-state index in [0.717, 1.165) is 22.0 Å². The molecule has 3 heteroatoms. The zero-order chi connectivity index (χ0) is 13.5. The quantitative estimate of drug-likeness (QED) is 0.629. The van der Waals surface area contributed by atoms with E-state index in [2.05, 4.69) is 4.98 Å². The smallest absolute Gasteiger partial charge is 0.339 e. The highest BCUT2D eigenvalue weighted by atomic mass is 16.5. The van der Waals surface area contributed by atoms with Crippen molar-refractivity contribution in [3.05, 3.63) is 77.6 Å². The standard InChI is InChI=1S/C17H11NO2/c19-17-14-8-4-3-7-13(14)16(20-17)15-12-6-2-1-5-11(12)9-10-18-15/h1-10,16H. The average molecular weight is 261 g/mol. The highest BCUT2D eigenvalue weighted by Crippen LogP contribution is 2.37. The molecule has 2 heterocycles. The van der Waals surface area contributed by atoms with Gasteiger partial charge < -0.3 is 4.74 Å². The molecule has 2 aromatic carbocycles. The monoisotopic (exact) mass is 261 g/mol. The van der Waals surface area contributed by atoms with E-state index in [1.165, 1.54) is 0 Å². The number of rotatable bonds is 1. The van der Waals surface area contributed by atoms with Crippen LogP contribution in [0.25, 0.3) is 10.8 Å². The van der Waals surface area contributed by atoms with E-state index in [-0.39, 0.29) is 5.97 Å². The molecule has 0 N–H and O–H groups in total. The van der Waals surface area contributed by atoms with Crippen molar-refractivity contribution in [2.24, 2.45) is 0 Å². The van der Waals surface area contributed by atoms with Crippen LogP contribution in [0.4, 0.5) is 0 Å². The Hall–Kier alpha value is -2.68. The molecule has 4 rings (SSSR count). The second kappa shape index (κ2) is 4.17. The number of hydrogen-bond donors (Lipinski definition) is 0. The molecule has 96 valence electrons. The first kappa shape index (κ1) is 11.2. The van der Waals surface area contributed by atoms with Crippen LogP contribution in [0.5, 0.6) is 0 Å². The van der Waals surface area contributed by atoms with Crippen molar-refractivity contribution in [3.8, 4) is 0 Å². The maximum absolute atomic E-state index is 11.9. The Morgan fingerprint density at radius 1 is 0.950 bits per heavy atom. The predicted molar refractivity (Wildman–Crippen MR) is 75.4 cm³/mol. The minimum absolute atomic E-state index is 0.277. The Kier molecular flexibility index (Phi) is 2.33. The van der Waals surface area contributed by atoms with Crippen molar-refractivity contribution in [1.82, 2.24) is 4.98 Å². The van der Waals surface area contributed by atoms with Crippen molar-refractivity contribution in [3.63, 3.8) is 0 Å². The maximum atomic E-state index is 11.9. The Labute approximate surface area is 115 Å². The second-order valence-corrected chi connectivity index (χ2v) is 4.79. The summed E-state index contributed by atoms with van der Waals surface area (Å²) in [6.45, 7) is 0. The summed E-state index contributed by atoms with van der Waals surface area (Å²) in [5.41, 5.74) is 2.31. The van der Waals surface area contributed by atoms with E-state index in [4.69, 9.17) is 4.74 Å². The van der Waals surface area contributed by atoms with Crippen LogP contribution in [0, 0.1) is 0 Å². The third kappa shape index (κ3) is 1.53. The van der Waals surface area contributed by atoms with Gasteiger partial charge in [-0.15, -0.1) is 0 Å². The van der Waals surface area contributed by atoms with Gasteiger partial charge in [-0.25, -0.2) is 4.79 Å².